The van der Waals surface area contributed by atoms with Crippen LogP contribution >= 0.6 is 0 Å². The van der Waals surface area contributed by atoms with Gasteiger partial charge < -0.3 is 0 Å². The summed E-state index contributed by atoms with van der Waals surface area (Å²) in [7, 11) is 0. The molecule has 0 radical (unpaired) electrons. The molecule has 0 fully saturated rings. The molecule has 0 spiro atoms. The number of rotatable bonds is 2. The van der Waals surface area contributed by atoms with Crippen LogP contribution < -0.4 is 0 Å². The summed E-state index contributed by atoms with van der Waals surface area (Å²) in [5.41, 5.74) is 1.27. The van der Waals surface area contributed by atoms with Crippen LogP contribution in [-0.4, -0.2) is 22.4 Å². The normalized spacial score (nSPS) is 15.9. The number of hydrogen-bond acceptors (Lipinski definition) is 4. The Hall–Kier alpha value is -1.52. The van der Waals surface area contributed by atoms with Crippen molar-refractivity contribution in [2.24, 2.45) is 10.4 Å². The van der Waals surface area contributed by atoms with Crippen molar-refractivity contribution in [3.05, 3.63) is 35.9 Å². The van der Waals surface area contributed by atoms with Gasteiger partial charge in [0.2, 0.25) is 0 Å². The summed E-state index contributed by atoms with van der Waals surface area (Å²) in [5, 5.41) is 8.49. The maximum absolute atomic E-state index is 4.25. The van der Waals surface area contributed by atoms with Crippen molar-refractivity contribution < 1.29 is 0 Å². The van der Waals surface area contributed by atoms with Crippen LogP contribution in [0.2, 0.25) is 6.82 Å². The van der Waals surface area contributed by atoms with Gasteiger partial charge in [-0.15, -0.1) is 0 Å². The summed E-state index contributed by atoms with van der Waals surface area (Å²) in [6.07, 6.45) is 0. The van der Waals surface area contributed by atoms with Crippen LogP contribution in [0, 0.1) is 0 Å². The maximum Gasteiger partial charge on any atom is 0.410 e. The van der Waals surface area contributed by atoms with Crippen LogP contribution in [0.4, 0.5) is 0 Å². The largest absolute Gasteiger partial charge is 0.410 e. The van der Waals surface area contributed by atoms with Crippen molar-refractivity contribution in [2.45, 2.75) is 39.7 Å². The predicted octanol–water partition coefficient (Wildman–Crippen LogP) is 3.00. The molecule has 0 amide bonds. The Kier molecular flexibility index (Phi) is 3.09. The average molecular weight is 230 g/mol. The fourth-order valence-electron chi connectivity index (χ4n) is 2.00. The molecule has 1 aliphatic rings. The van der Waals surface area contributed by atoms with E-state index in [1.807, 2.05) is 15.9 Å². The van der Waals surface area contributed by atoms with Gasteiger partial charge in [-0.1, -0.05) is 40.8 Å². The van der Waals surface area contributed by atoms with Crippen LogP contribution in [0.15, 0.2) is 40.8 Å². The van der Waals surface area contributed by atoms with Gasteiger partial charge >= 0.3 is 6.98 Å². The van der Waals surface area contributed by atoms with Crippen LogP contribution in [-0.2, 0) is 6.54 Å². The van der Waals surface area contributed by atoms with Crippen molar-refractivity contribution in [3.63, 3.8) is 0 Å². The molecule has 90 valence electrons. The van der Waals surface area contributed by atoms with E-state index >= 15 is 0 Å². The Morgan fingerprint density at radius 2 is 1.76 bits per heavy atom. The number of hydrogen-bond donors (Lipinski definition) is 0. The van der Waals surface area contributed by atoms with Gasteiger partial charge in [0.1, 0.15) is 0 Å². The first-order chi connectivity index (χ1) is 7.98. The molecule has 0 saturated carbocycles. The van der Waals surface area contributed by atoms with Gasteiger partial charge in [0.05, 0.1) is 6.54 Å². The lowest BCUT2D eigenvalue weighted by Gasteiger charge is -2.32. The standard InChI is InChI=1S/C12H19BN4/c1-12(2,3)17-13(4)16(14-15-17)10-11-8-6-5-7-9-11/h5-9H,10H2,1-4H3. The van der Waals surface area contributed by atoms with Gasteiger partial charge in [-0.25, -0.2) is 0 Å². The van der Waals surface area contributed by atoms with Gasteiger partial charge in [-0.3, -0.25) is 9.84 Å². The van der Waals surface area contributed by atoms with E-state index in [1.54, 1.807) is 0 Å². The Bertz CT molecular complexity index is 399. The van der Waals surface area contributed by atoms with Gasteiger partial charge in [0.25, 0.3) is 0 Å². The lowest BCUT2D eigenvalue weighted by atomic mass is 9.75. The SMILES string of the molecule is CB1N(Cc2ccccc2)N=NN1C(C)(C)C. The molecule has 2 rings (SSSR count). The van der Waals surface area contributed by atoms with E-state index in [4.69, 9.17) is 0 Å². The van der Waals surface area contributed by atoms with Gasteiger partial charge in [-0.05, 0) is 33.2 Å². The molecule has 1 aromatic rings. The molecule has 0 aromatic heterocycles. The molecule has 5 heteroatoms. The highest BCUT2D eigenvalue weighted by Gasteiger charge is 2.37. The Balaban J connectivity index is 2.04. The third kappa shape index (κ3) is 2.60. The van der Waals surface area contributed by atoms with Crippen LogP contribution in [0.3, 0.4) is 0 Å². The first kappa shape index (κ1) is 12.0. The quantitative estimate of drug-likeness (QED) is 0.731. The third-order valence-electron chi connectivity index (χ3n) is 2.91. The molecule has 0 saturated heterocycles. The molecule has 0 N–H and O–H groups in total. The minimum Gasteiger partial charge on any atom is -0.291 e. The van der Waals surface area contributed by atoms with Crippen molar-refractivity contribution in [3.8, 4) is 0 Å². The van der Waals surface area contributed by atoms with E-state index in [0.717, 1.165) is 6.54 Å². The van der Waals surface area contributed by atoms with E-state index < -0.39 is 0 Å². The van der Waals surface area contributed by atoms with Gasteiger partial charge in [0.15, 0.2) is 0 Å². The van der Waals surface area contributed by atoms with Crippen LogP contribution in [0.5, 0.6) is 0 Å². The zero-order chi connectivity index (χ0) is 12.5. The summed E-state index contributed by atoms with van der Waals surface area (Å²) in [5.74, 6) is 0. The molecule has 1 aromatic carbocycles. The van der Waals surface area contributed by atoms with E-state index in [2.05, 4.69) is 62.3 Å². The monoisotopic (exact) mass is 230 g/mol. The smallest absolute Gasteiger partial charge is 0.291 e. The topological polar surface area (TPSA) is 31.2 Å². The van der Waals surface area contributed by atoms with E-state index in [1.165, 1.54) is 5.56 Å². The molecule has 17 heavy (non-hydrogen) atoms. The second-order valence-electron chi connectivity index (χ2n) is 5.41. The second-order valence-corrected chi connectivity index (χ2v) is 5.41. The highest BCUT2D eigenvalue weighted by atomic mass is 15.7. The summed E-state index contributed by atoms with van der Waals surface area (Å²) >= 11 is 0. The Morgan fingerprint density at radius 3 is 2.29 bits per heavy atom. The molecular formula is C12H19BN4. The van der Waals surface area contributed by atoms with Crippen molar-refractivity contribution in [2.75, 3.05) is 0 Å². The summed E-state index contributed by atoms with van der Waals surface area (Å²) in [4.78, 5) is 4.05. The molecule has 1 heterocycles. The predicted molar refractivity (Wildman–Crippen MR) is 70.1 cm³/mol. The zero-order valence-corrected chi connectivity index (χ0v) is 11.0. The Labute approximate surface area is 103 Å². The van der Waals surface area contributed by atoms with Crippen molar-refractivity contribution in [1.29, 1.82) is 0 Å². The first-order valence-electron chi connectivity index (χ1n) is 6.00. The fourth-order valence-corrected chi connectivity index (χ4v) is 2.00. The molecule has 0 unspecified atom stereocenters. The third-order valence-corrected chi connectivity index (χ3v) is 2.91. The minimum atomic E-state index is 0.00829. The first-order valence-corrected chi connectivity index (χ1v) is 6.00. The minimum absolute atomic E-state index is 0.00829. The van der Waals surface area contributed by atoms with Crippen LogP contribution in [0.25, 0.3) is 0 Å². The Morgan fingerprint density at radius 1 is 1.12 bits per heavy atom. The number of benzene rings is 1. The lowest BCUT2D eigenvalue weighted by molar-refractivity contribution is 0.254. The second kappa shape index (κ2) is 4.39. The maximum atomic E-state index is 4.25. The van der Waals surface area contributed by atoms with E-state index in [-0.39, 0.29) is 12.5 Å². The molecule has 0 bridgehead atoms. The fraction of sp³-hybridized carbons (Fsp3) is 0.500. The summed E-state index contributed by atoms with van der Waals surface area (Å²) < 4.78 is 0. The van der Waals surface area contributed by atoms with E-state index in [9.17, 15) is 0 Å². The summed E-state index contributed by atoms with van der Waals surface area (Å²) in [6, 6.07) is 10.4. The van der Waals surface area contributed by atoms with Crippen molar-refractivity contribution >= 4 is 6.98 Å². The zero-order valence-electron chi connectivity index (χ0n) is 11.0. The molecule has 4 nitrogen and oxygen atoms in total. The molecular weight excluding hydrogens is 211 g/mol. The van der Waals surface area contributed by atoms with Gasteiger partial charge in [-0.2, -0.15) is 0 Å². The highest BCUT2D eigenvalue weighted by molar-refractivity contribution is 6.51. The van der Waals surface area contributed by atoms with Gasteiger partial charge in [0, 0.05) is 5.54 Å². The number of nitrogens with zero attached hydrogens (tertiary/aromatic N) is 4. The summed E-state index contributed by atoms with van der Waals surface area (Å²) in [6.45, 7) is 9.58. The molecule has 1 aliphatic heterocycles. The highest BCUT2D eigenvalue weighted by Crippen LogP contribution is 2.24. The average Bonchev–Trinajstić information content (AvgIpc) is 2.61. The molecule has 0 atom stereocenters. The molecule has 0 aliphatic carbocycles. The van der Waals surface area contributed by atoms with Crippen molar-refractivity contribution in [1.82, 2.24) is 9.84 Å². The lowest BCUT2D eigenvalue weighted by Crippen LogP contribution is -2.49. The van der Waals surface area contributed by atoms with Crippen LogP contribution in [0.1, 0.15) is 26.3 Å². The van der Waals surface area contributed by atoms with E-state index in [0.29, 0.717) is 0 Å².